The molecular weight excluding hydrogens is 266 g/mol. The Morgan fingerprint density at radius 3 is 2.86 bits per heavy atom. The molecule has 0 aliphatic carbocycles. The Morgan fingerprint density at radius 2 is 2.29 bits per heavy atom. The molecule has 2 heterocycles. The van der Waals surface area contributed by atoms with Crippen molar-refractivity contribution in [2.75, 3.05) is 38.3 Å². The number of aromatic nitrogens is 1. The van der Waals surface area contributed by atoms with Crippen LogP contribution in [0.4, 0.5) is 5.82 Å². The van der Waals surface area contributed by atoms with Crippen molar-refractivity contribution in [1.82, 2.24) is 10.3 Å². The summed E-state index contributed by atoms with van der Waals surface area (Å²) in [5, 5.41) is 2.62. The number of ether oxygens (including phenoxy) is 1. The summed E-state index contributed by atoms with van der Waals surface area (Å²) in [5.74, 6) is 3.74. The normalized spacial score (nSPS) is 15.5. The Balaban J connectivity index is 1.91. The summed E-state index contributed by atoms with van der Waals surface area (Å²) in [4.78, 5) is 18.4. The van der Waals surface area contributed by atoms with Crippen LogP contribution < -0.4 is 10.2 Å². The molecule has 0 saturated carbocycles. The van der Waals surface area contributed by atoms with Crippen molar-refractivity contribution in [3.8, 4) is 12.3 Å². The maximum Gasteiger partial charge on any atom is 0.253 e. The standard InChI is InChI=1S/C16H21N3O2/c1-3-8-17-16(20)14-4-5-15(18-11-14)19-9-6-13(7-10-19)12-21-2/h1,4-5,11,13H,6-10,12H2,2H3,(H,17,20). The Hall–Kier alpha value is -2.06. The smallest absolute Gasteiger partial charge is 0.253 e. The summed E-state index contributed by atoms with van der Waals surface area (Å²) in [5.41, 5.74) is 0.531. The first-order valence-electron chi connectivity index (χ1n) is 7.16. The SMILES string of the molecule is C#CCNC(=O)c1ccc(N2CCC(COC)CC2)nc1. The highest BCUT2D eigenvalue weighted by atomic mass is 16.5. The number of piperidine rings is 1. The van der Waals surface area contributed by atoms with E-state index in [1.807, 2.05) is 6.07 Å². The molecule has 1 fully saturated rings. The minimum absolute atomic E-state index is 0.189. The molecule has 0 atom stereocenters. The number of carbonyl (C=O) groups excluding carboxylic acids is 1. The van der Waals surface area contributed by atoms with Crippen LogP contribution >= 0.6 is 0 Å². The fourth-order valence-corrected chi connectivity index (χ4v) is 2.51. The maximum atomic E-state index is 11.7. The van der Waals surface area contributed by atoms with Gasteiger partial charge in [-0.3, -0.25) is 4.79 Å². The fourth-order valence-electron chi connectivity index (χ4n) is 2.51. The van der Waals surface area contributed by atoms with Crippen LogP contribution in [0.1, 0.15) is 23.2 Å². The number of hydrogen-bond donors (Lipinski definition) is 1. The minimum atomic E-state index is -0.189. The topological polar surface area (TPSA) is 54.5 Å². The number of methoxy groups -OCH3 is 1. The van der Waals surface area contributed by atoms with Gasteiger partial charge in [-0.1, -0.05) is 5.92 Å². The molecule has 0 spiro atoms. The number of nitrogens with zero attached hydrogens (tertiary/aromatic N) is 2. The van der Waals surface area contributed by atoms with E-state index in [1.165, 1.54) is 0 Å². The lowest BCUT2D eigenvalue weighted by molar-refractivity contribution is 0.0958. The molecule has 2 rings (SSSR count). The third-order valence-electron chi connectivity index (χ3n) is 3.70. The first-order valence-corrected chi connectivity index (χ1v) is 7.16. The highest BCUT2D eigenvalue weighted by Gasteiger charge is 2.20. The molecular formula is C16H21N3O2. The van der Waals surface area contributed by atoms with Crippen LogP contribution in [0.2, 0.25) is 0 Å². The molecule has 1 amide bonds. The van der Waals surface area contributed by atoms with Gasteiger partial charge in [0.1, 0.15) is 5.82 Å². The summed E-state index contributed by atoms with van der Waals surface area (Å²) in [6, 6.07) is 3.68. The molecule has 1 aliphatic rings. The van der Waals surface area contributed by atoms with Gasteiger partial charge < -0.3 is 15.0 Å². The molecule has 1 N–H and O–H groups in total. The van der Waals surface area contributed by atoms with Gasteiger partial charge in [-0.25, -0.2) is 4.98 Å². The number of hydrogen-bond acceptors (Lipinski definition) is 4. The second-order valence-corrected chi connectivity index (χ2v) is 5.18. The van der Waals surface area contributed by atoms with Crippen molar-refractivity contribution in [2.45, 2.75) is 12.8 Å². The van der Waals surface area contributed by atoms with E-state index in [1.54, 1.807) is 19.4 Å². The predicted molar refractivity (Wildman–Crippen MR) is 82.2 cm³/mol. The number of amides is 1. The number of anilines is 1. The zero-order valence-electron chi connectivity index (χ0n) is 12.3. The van der Waals surface area contributed by atoms with Gasteiger partial charge >= 0.3 is 0 Å². The quantitative estimate of drug-likeness (QED) is 0.830. The zero-order chi connectivity index (χ0) is 15.1. The summed E-state index contributed by atoms with van der Waals surface area (Å²) in [7, 11) is 1.75. The molecule has 1 aromatic rings. The zero-order valence-corrected chi connectivity index (χ0v) is 12.3. The number of terminal acetylenes is 1. The summed E-state index contributed by atoms with van der Waals surface area (Å²) >= 11 is 0. The lowest BCUT2D eigenvalue weighted by atomic mass is 9.98. The van der Waals surface area contributed by atoms with Crippen molar-refractivity contribution in [3.63, 3.8) is 0 Å². The van der Waals surface area contributed by atoms with E-state index < -0.39 is 0 Å². The van der Waals surface area contributed by atoms with Crippen LogP contribution in [0.3, 0.4) is 0 Å². The Bertz CT molecular complexity index is 499. The van der Waals surface area contributed by atoms with Crippen LogP contribution in [0.25, 0.3) is 0 Å². The summed E-state index contributed by atoms with van der Waals surface area (Å²) < 4.78 is 5.20. The van der Waals surface area contributed by atoms with Gasteiger partial charge in [0.15, 0.2) is 0 Å². The van der Waals surface area contributed by atoms with Gasteiger partial charge in [-0.15, -0.1) is 6.42 Å². The third-order valence-corrected chi connectivity index (χ3v) is 3.70. The van der Waals surface area contributed by atoms with Crippen LogP contribution in [-0.2, 0) is 4.74 Å². The molecule has 1 saturated heterocycles. The predicted octanol–water partition coefficient (Wildman–Crippen LogP) is 1.31. The lowest BCUT2D eigenvalue weighted by Gasteiger charge is -2.32. The van der Waals surface area contributed by atoms with Gasteiger partial charge in [0.25, 0.3) is 5.91 Å². The van der Waals surface area contributed by atoms with Crippen molar-refractivity contribution in [1.29, 1.82) is 0 Å². The van der Waals surface area contributed by atoms with Gasteiger partial charge in [0.2, 0.25) is 0 Å². The first-order chi connectivity index (χ1) is 10.2. The average molecular weight is 287 g/mol. The third kappa shape index (κ3) is 4.20. The molecule has 112 valence electrons. The van der Waals surface area contributed by atoms with E-state index in [9.17, 15) is 4.79 Å². The Kier molecular flexibility index (Phi) is 5.59. The molecule has 0 aromatic carbocycles. The van der Waals surface area contributed by atoms with E-state index in [0.717, 1.165) is 38.4 Å². The highest BCUT2D eigenvalue weighted by Crippen LogP contribution is 2.21. The molecule has 21 heavy (non-hydrogen) atoms. The minimum Gasteiger partial charge on any atom is -0.384 e. The molecule has 5 nitrogen and oxygen atoms in total. The van der Waals surface area contributed by atoms with Gasteiger partial charge in [-0.05, 0) is 30.9 Å². The van der Waals surface area contributed by atoms with E-state index in [-0.39, 0.29) is 12.5 Å². The largest absolute Gasteiger partial charge is 0.384 e. The van der Waals surface area contributed by atoms with E-state index in [0.29, 0.717) is 11.5 Å². The van der Waals surface area contributed by atoms with Crippen LogP contribution in [0, 0.1) is 18.3 Å². The van der Waals surface area contributed by atoms with Crippen molar-refractivity contribution in [3.05, 3.63) is 23.9 Å². The molecule has 1 aromatic heterocycles. The van der Waals surface area contributed by atoms with E-state index >= 15 is 0 Å². The van der Waals surface area contributed by atoms with Gasteiger partial charge in [0.05, 0.1) is 12.1 Å². The Morgan fingerprint density at radius 1 is 1.52 bits per heavy atom. The van der Waals surface area contributed by atoms with Crippen LogP contribution in [0.15, 0.2) is 18.3 Å². The number of rotatable bonds is 5. The number of pyridine rings is 1. The maximum absolute atomic E-state index is 11.7. The highest BCUT2D eigenvalue weighted by molar-refractivity contribution is 5.94. The number of nitrogens with one attached hydrogen (secondary N) is 1. The van der Waals surface area contributed by atoms with Gasteiger partial charge in [0, 0.05) is 33.0 Å². The van der Waals surface area contributed by atoms with Crippen molar-refractivity contribution < 1.29 is 9.53 Å². The molecule has 0 unspecified atom stereocenters. The summed E-state index contributed by atoms with van der Waals surface area (Å²) in [6.07, 6.45) is 8.93. The lowest BCUT2D eigenvalue weighted by Crippen LogP contribution is -2.35. The molecule has 0 radical (unpaired) electrons. The first kappa shape index (κ1) is 15.3. The summed E-state index contributed by atoms with van der Waals surface area (Å²) in [6.45, 7) is 3.01. The second-order valence-electron chi connectivity index (χ2n) is 5.18. The van der Waals surface area contributed by atoms with Gasteiger partial charge in [-0.2, -0.15) is 0 Å². The molecule has 5 heteroatoms. The number of carbonyl (C=O) groups is 1. The van der Waals surface area contributed by atoms with Crippen molar-refractivity contribution in [2.24, 2.45) is 5.92 Å². The monoisotopic (exact) mass is 287 g/mol. The van der Waals surface area contributed by atoms with E-state index in [4.69, 9.17) is 11.2 Å². The second kappa shape index (κ2) is 7.65. The fraction of sp³-hybridized carbons (Fsp3) is 0.500. The van der Waals surface area contributed by atoms with E-state index in [2.05, 4.69) is 21.1 Å². The Labute approximate surface area is 125 Å². The molecule has 1 aliphatic heterocycles. The van der Waals surface area contributed by atoms with Crippen LogP contribution in [-0.4, -0.2) is 44.2 Å². The van der Waals surface area contributed by atoms with Crippen molar-refractivity contribution >= 4 is 11.7 Å². The van der Waals surface area contributed by atoms with Crippen LogP contribution in [0.5, 0.6) is 0 Å². The average Bonchev–Trinajstić information content (AvgIpc) is 2.54. The molecule has 0 bridgehead atoms.